The first kappa shape index (κ1) is 32.1. The molecule has 4 aromatic rings. The van der Waals surface area contributed by atoms with Crippen LogP contribution in [0.1, 0.15) is 79.7 Å². The fourth-order valence-electron chi connectivity index (χ4n) is 7.86. The molecule has 250 valence electrons. The zero-order chi connectivity index (χ0) is 34.3. The predicted molar refractivity (Wildman–Crippen MR) is 176 cm³/mol. The normalized spacial score (nSPS) is 20.5. The number of carbonyl (C=O) groups is 3. The molecule has 1 saturated carbocycles. The van der Waals surface area contributed by atoms with Crippen LogP contribution in [0.15, 0.2) is 60.7 Å². The maximum atomic E-state index is 14.3. The Morgan fingerprint density at radius 2 is 1.61 bits per heavy atom. The summed E-state index contributed by atoms with van der Waals surface area (Å²) in [6, 6.07) is 18.6. The van der Waals surface area contributed by atoms with Crippen molar-refractivity contribution < 1.29 is 18.8 Å². The van der Waals surface area contributed by atoms with Crippen LogP contribution in [0.2, 0.25) is 0 Å². The van der Waals surface area contributed by atoms with E-state index in [0.717, 1.165) is 34.2 Å². The van der Waals surface area contributed by atoms with E-state index in [9.17, 15) is 24.0 Å². The van der Waals surface area contributed by atoms with Crippen molar-refractivity contribution >= 4 is 17.7 Å². The molecule has 0 unspecified atom stereocenters. The SMILES string of the molecule is CNC(=O)c1ccc2c(c1)CCc1cc(C(=O)NC)ccc1C2(C[C@H](NCC(=O)N1[C@H](C#N)C[C@@H]2C[C@@H]21)c1ccc(F)cc1)c1nn[nH]n1. The lowest BCUT2D eigenvalue weighted by Gasteiger charge is -2.37. The van der Waals surface area contributed by atoms with Gasteiger partial charge in [-0.05, 0) is 102 Å². The summed E-state index contributed by atoms with van der Waals surface area (Å²) in [5.74, 6) is -0.269. The molecule has 1 aromatic heterocycles. The minimum Gasteiger partial charge on any atom is -0.355 e. The Balaban J connectivity index is 1.38. The number of fused-ring (bicyclic) bond motifs is 3. The molecule has 0 spiro atoms. The largest absolute Gasteiger partial charge is 0.355 e. The van der Waals surface area contributed by atoms with Crippen molar-refractivity contribution in [1.82, 2.24) is 41.5 Å². The molecule has 2 heterocycles. The van der Waals surface area contributed by atoms with E-state index in [1.807, 2.05) is 24.3 Å². The van der Waals surface area contributed by atoms with Gasteiger partial charge in [-0.15, -0.1) is 10.2 Å². The van der Waals surface area contributed by atoms with E-state index < -0.39 is 23.3 Å². The van der Waals surface area contributed by atoms with Crippen molar-refractivity contribution in [2.75, 3.05) is 20.6 Å². The molecule has 0 radical (unpaired) electrons. The summed E-state index contributed by atoms with van der Waals surface area (Å²) in [7, 11) is 3.16. The summed E-state index contributed by atoms with van der Waals surface area (Å²) in [4.78, 5) is 41.0. The van der Waals surface area contributed by atoms with Gasteiger partial charge in [-0.3, -0.25) is 14.4 Å². The van der Waals surface area contributed by atoms with Crippen LogP contribution in [0.4, 0.5) is 4.39 Å². The van der Waals surface area contributed by atoms with E-state index in [1.165, 1.54) is 12.1 Å². The molecular weight excluding hydrogens is 625 g/mol. The molecule has 2 aliphatic carbocycles. The summed E-state index contributed by atoms with van der Waals surface area (Å²) in [5, 5.41) is 34.3. The Labute approximate surface area is 282 Å². The van der Waals surface area contributed by atoms with Crippen molar-refractivity contribution in [3.63, 3.8) is 0 Å². The summed E-state index contributed by atoms with van der Waals surface area (Å²) >= 11 is 0. The number of nitrogens with one attached hydrogen (secondary N) is 4. The quantitative estimate of drug-likeness (QED) is 0.212. The topological polar surface area (TPSA) is 169 Å². The number of amides is 3. The number of rotatable bonds is 9. The molecule has 2 fully saturated rings. The van der Waals surface area contributed by atoms with Gasteiger partial charge in [0.1, 0.15) is 11.9 Å². The highest BCUT2D eigenvalue weighted by atomic mass is 19.1. The highest BCUT2D eigenvalue weighted by Gasteiger charge is 2.54. The van der Waals surface area contributed by atoms with Crippen molar-refractivity contribution in [2.45, 2.75) is 55.6 Å². The summed E-state index contributed by atoms with van der Waals surface area (Å²) in [6.07, 6.45) is 2.99. The van der Waals surface area contributed by atoms with Crippen LogP contribution in [0.3, 0.4) is 0 Å². The Morgan fingerprint density at radius 3 is 2.16 bits per heavy atom. The van der Waals surface area contributed by atoms with Gasteiger partial charge in [0.05, 0.1) is 18.0 Å². The fourth-order valence-corrected chi connectivity index (χ4v) is 7.86. The van der Waals surface area contributed by atoms with E-state index in [4.69, 9.17) is 0 Å². The van der Waals surface area contributed by atoms with Crippen LogP contribution in [0, 0.1) is 23.1 Å². The number of aryl methyl sites for hydroxylation is 2. The predicted octanol–water partition coefficient (Wildman–Crippen LogP) is 2.72. The summed E-state index contributed by atoms with van der Waals surface area (Å²) in [6.45, 7) is -0.0449. The van der Waals surface area contributed by atoms with Crippen molar-refractivity contribution in [3.8, 4) is 6.07 Å². The lowest BCUT2D eigenvalue weighted by molar-refractivity contribution is -0.131. The van der Waals surface area contributed by atoms with Crippen molar-refractivity contribution in [1.29, 1.82) is 5.26 Å². The molecule has 1 saturated heterocycles. The summed E-state index contributed by atoms with van der Waals surface area (Å²) < 4.78 is 14.3. The first-order chi connectivity index (χ1) is 23.8. The number of hydrogen-bond donors (Lipinski definition) is 4. The second-order valence-electron chi connectivity index (χ2n) is 13.0. The van der Waals surface area contributed by atoms with Gasteiger partial charge in [-0.1, -0.05) is 29.5 Å². The van der Waals surface area contributed by atoms with Crippen LogP contribution >= 0.6 is 0 Å². The smallest absolute Gasteiger partial charge is 0.251 e. The molecular formula is C36H36FN9O3. The van der Waals surface area contributed by atoms with Gasteiger partial charge in [0, 0.05) is 37.3 Å². The Hall–Kier alpha value is -5.48. The molecule has 7 rings (SSSR count). The van der Waals surface area contributed by atoms with E-state index >= 15 is 0 Å². The van der Waals surface area contributed by atoms with E-state index in [2.05, 4.69) is 42.6 Å². The molecule has 49 heavy (non-hydrogen) atoms. The number of nitriles is 1. The Morgan fingerprint density at radius 1 is 0.980 bits per heavy atom. The molecule has 12 nitrogen and oxygen atoms in total. The fraction of sp³-hybridized carbons (Fsp3) is 0.361. The van der Waals surface area contributed by atoms with Gasteiger partial charge in [-0.2, -0.15) is 10.5 Å². The van der Waals surface area contributed by atoms with Crippen LogP contribution in [0.25, 0.3) is 0 Å². The van der Waals surface area contributed by atoms with Crippen molar-refractivity contribution in [2.24, 2.45) is 5.92 Å². The third-order valence-corrected chi connectivity index (χ3v) is 10.3. The minimum atomic E-state index is -1.10. The number of H-pyrrole nitrogens is 1. The second-order valence-corrected chi connectivity index (χ2v) is 13.0. The van der Waals surface area contributed by atoms with Crippen LogP contribution < -0.4 is 16.0 Å². The molecule has 13 heteroatoms. The maximum absolute atomic E-state index is 14.3. The van der Waals surface area contributed by atoms with Gasteiger partial charge in [-0.25, -0.2) is 4.39 Å². The molecule has 3 aliphatic rings. The van der Waals surface area contributed by atoms with E-state index in [-0.39, 0.29) is 36.7 Å². The van der Waals surface area contributed by atoms with Crippen molar-refractivity contribution in [3.05, 3.63) is 111 Å². The third-order valence-electron chi connectivity index (χ3n) is 10.3. The van der Waals surface area contributed by atoms with Crippen LogP contribution in [-0.2, 0) is 23.1 Å². The van der Waals surface area contributed by atoms with Gasteiger partial charge >= 0.3 is 0 Å². The number of carbonyl (C=O) groups excluding carboxylic acids is 3. The number of piperidine rings is 1. The first-order valence-corrected chi connectivity index (χ1v) is 16.4. The monoisotopic (exact) mass is 661 g/mol. The third kappa shape index (κ3) is 5.72. The number of hydrogen-bond acceptors (Lipinski definition) is 8. The van der Waals surface area contributed by atoms with Crippen LogP contribution in [0.5, 0.6) is 0 Å². The van der Waals surface area contributed by atoms with Gasteiger partial charge in [0.25, 0.3) is 11.8 Å². The number of halogens is 1. The molecule has 3 amide bonds. The Kier molecular flexibility index (Phi) is 8.42. The summed E-state index contributed by atoms with van der Waals surface area (Å²) in [5.41, 5.74) is 4.10. The number of likely N-dealkylation sites (tertiary alicyclic amines) is 1. The second kappa shape index (κ2) is 12.9. The number of benzene rings is 3. The van der Waals surface area contributed by atoms with Gasteiger partial charge in [0.15, 0.2) is 5.82 Å². The molecule has 4 N–H and O–H groups in total. The highest BCUT2D eigenvalue weighted by Crippen LogP contribution is 2.50. The Bertz CT molecular complexity index is 1890. The minimum absolute atomic E-state index is 0.0449. The van der Waals surface area contributed by atoms with Gasteiger partial charge in [0.2, 0.25) is 5.91 Å². The zero-order valence-electron chi connectivity index (χ0n) is 27.2. The van der Waals surface area contributed by atoms with Gasteiger partial charge < -0.3 is 20.9 Å². The molecule has 3 aromatic carbocycles. The average molecular weight is 662 g/mol. The first-order valence-electron chi connectivity index (χ1n) is 16.4. The number of aromatic amines is 1. The number of nitrogens with zero attached hydrogens (tertiary/aromatic N) is 5. The average Bonchev–Trinajstić information content (AvgIpc) is 3.51. The number of tetrazole rings is 1. The lowest BCUT2D eigenvalue weighted by atomic mass is 9.67. The zero-order valence-corrected chi connectivity index (χ0v) is 27.2. The molecule has 4 atom stereocenters. The number of aromatic nitrogens is 4. The molecule has 0 bridgehead atoms. The highest BCUT2D eigenvalue weighted by molar-refractivity contribution is 5.95. The standard InChI is InChI=1S/C36H36FN9O3/c1-39-33(48)23-7-11-28-21(13-23)3-4-22-14-24(34(49)40-2)8-12-29(22)36(28,35-42-44-45-43-35)17-30(20-5-9-26(37)10-6-20)41-19-32(47)46-27(18-38)15-25-16-31(25)46/h5-14,25,27,30-31,41H,3-4,15-17,19H2,1-2H3,(H,39,48)(H,40,49)(H,42,43,44,45)/t25-,27+,30+,31+/m1/s1. The van der Waals surface area contributed by atoms with E-state index in [0.29, 0.717) is 42.1 Å². The molecule has 1 aliphatic heterocycles. The van der Waals surface area contributed by atoms with Crippen LogP contribution in [-0.4, -0.2) is 76.0 Å². The maximum Gasteiger partial charge on any atom is 0.251 e. The lowest BCUT2D eigenvalue weighted by Crippen LogP contribution is -2.45. The van der Waals surface area contributed by atoms with E-state index in [1.54, 1.807) is 43.3 Å².